The molecule has 0 aliphatic carbocycles. The van der Waals surface area contributed by atoms with Crippen molar-refractivity contribution < 1.29 is 4.79 Å². The van der Waals surface area contributed by atoms with Crippen molar-refractivity contribution in [3.8, 4) is 0 Å². The molecule has 4 heteroatoms. The van der Waals surface area contributed by atoms with Crippen molar-refractivity contribution in [3.63, 3.8) is 0 Å². The average molecular weight is 185 g/mol. The number of carbonyl (C=O) groups is 1. The molecular formula is C9H19N3O. The van der Waals surface area contributed by atoms with Crippen molar-refractivity contribution in [2.75, 3.05) is 32.7 Å². The molecule has 0 saturated carbocycles. The van der Waals surface area contributed by atoms with Crippen LogP contribution in [0.2, 0.25) is 0 Å². The first-order valence-corrected chi connectivity index (χ1v) is 5.08. The van der Waals surface area contributed by atoms with Gasteiger partial charge in [-0.1, -0.05) is 6.42 Å². The van der Waals surface area contributed by atoms with Crippen LogP contribution in [0.3, 0.4) is 0 Å². The van der Waals surface area contributed by atoms with Crippen LogP contribution in [0.15, 0.2) is 0 Å². The maximum absolute atomic E-state index is 11.1. The van der Waals surface area contributed by atoms with Gasteiger partial charge in [0.2, 0.25) is 5.91 Å². The van der Waals surface area contributed by atoms with Crippen molar-refractivity contribution in [2.45, 2.75) is 19.3 Å². The summed E-state index contributed by atoms with van der Waals surface area (Å²) >= 11 is 0. The van der Waals surface area contributed by atoms with Crippen LogP contribution < -0.4 is 16.0 Å². The Morgan fingerprint density at radius 2 is 1.62 bits per heavy atom. The summed E-state index contributed by atoms with van der Waals surface area (Å²) in [7, 11) is 0. The number of hydrogen-bond acceptors (Lipinski definition) is 3. The van der Waals surface area contributed by atoms with Gasteiger partial charge < -0.3 is 16.0 Å². The molecule has 1 heterocycles. The van der Waals surface area contributed by atoms with Gasteiger partial charge in [0.25, 0.3) is 0 Å². The van der Waals surface area contributed by atoms with Gasteiger partial charge >= 0.3 is 0 Å². The Bertz CT molecular complexity index is 136. The van der Waals surface area contributed by atoms with Crippen LogP contribution in [0.5, 0.6) is 0 Å². The molecule has 1 rings (SSSR count). The predicted octanol–water partition coefficient (Wildman–Crippen LogP) is -0.534. The van der Waals surface area contributed by atoms with Crippen molar-refractivity contribution in [2.24, 2.45) is 0 Å². The highest BCUT2D eigenvalue weighted by atomic mass is 16.1. The molecule has 76 valence electrons. The van der Waals surface area contributed by atoms with E-state index in [2.05, 4.69) is 16.0 Å². The van der Waals surface area contributed by atoms with Gasteiger partial charge in [-0.25, -0.2) is 0 Å². The third kappa shape index (κ3) is 5.60. The Balaban J connectivity index is 2.14. The Kier molecular flexibility index (Phi) is 5.52. The van der Waals surface area contributed by atoms with Gasteiger partial charge in [-0.05, 0) is 25.9 Å². The maximum atomic E-state index is 11.1. The molecule has 13 heavy (non-hydrogen) atoms. The van der Waals surface area contributed by atoms with Gasteiger partial charge in [0.05, 0.1) is 6.54 Å². The van der Waals surface area contributed by atoms with Crippen LogP contribution >= 0.6 is 0 Å². The molecular weight excluding hydrogens is 166 g/mol. The summed E-state index contributed by atoms with van der Waals surface area (Å²) < 4.78 is 0. The van der Waals surface area contributed by atoms with Gasteiger partial charge in [0.15, 0.2) is 0 Å². The quantitative estimate of drug-likeness (QED) is 0.475. The molecule has 0 bridgehead atoms. The van der Waals surface area contributed by atoms with E-state index in [9.17, 15) is 4.79 Å². The smallest absolute Gasteiger partial charge is 0.234 e. The molecule has 0 unspecified atom stereocenters. The molecule has 1 aliphatic rings. The number of nitrogens with one attached hydrogen (secondary N) is 3. The second-order valence-corrected chi connectivity index (χ2v) is 3.34. The van der Waals surface area contributed by atoms with Gasteiger partial charge in [-0.3, -0.25) is 4.79 Å². The summed E-state index contributed by atoms with van der Waals surface area (Å²) in [6.07, 6.45) is 3.63. The number of rotatable bonds is 0. The first-order chi connectivity index (χ1) is 6.39. The van der Waals surface area contributed by atoms with Gasteiger partial charge in [0, 0.05) is 13.1 Å². The van der Waals surface area contributed by atoms with E-state index >= 15 is 0 Å². The Morgan fingerprint density at radius 3 is 2.46 bits per heavy atom. The highest BCUT2D eigenvalue weighted by Gasteiger charge is 2.00. The van der Waals surface area contributed by atoms with Gasteiger partial charge in [0.1, 0.15) is 0 Å². The fraction of sp³-hybridized carbons (Fsp3) is 0.889. The summed E-state index contributed by atoms with van der Waals surface area (Å²) in [6.45, 7) is 4.09. The molecule has 1 fully saturated rings. The zero-order chi connectivity index (χ0) is 9.36. The largest absolute Gasteiger partial charge is 0.354 e. The monoisotopic (exact) mass is 185 g/mol. The van der Waals surface area contributed by atoms with E-state index in [0.29, 0.717) is 6.54 Å². The van der Waals surface area contributed by atoms with E-state index in [1.807, 2.05) is 0 Å². The molecule has 0 aromatic rings. The Morgan fingerprint density at radius 1 is 0.846 bits per heavy atom. The summed E-state index contributed by atoms with van der Waals surface area (Å²) in [5.74, 6) is 0.0994. The minimum Gasteiger partial charge on any atom is -0.354 e. The van der Waals surface area contributed by atoms with Crippen LogP contribution in [0, 0.1) is 0 Å². The zero-order valence-electron chi connectivity index (χ0n) is 8.07. The van der Waals surface area contributed by atoms with Crippen molar-refractivity contribution >= 4 is 5.91 Å². The number of hydrogen-bond donors (Lipinski definition) is 3. The molecule has 0 spiro atoms. The minimum atomic E-state index is 0.0994. The highest BCUT2D eigenvalue weighted by Crippen LogP contribution is 1.92. The molecule has 4 nitrogen and oxygen atoms in total. The fourth-order valence-electron chi connectivity index (χ4n) is 1.36. The summed E-state index contributed by atoms with van der Waals surface area (Å²) in [5, 5.41) is 9.25. The molecule has 1 saturated heterocycles. The molecule has 3 N–H and O–H groups in total. The molecule has 1 amide bonds. The van der Waals surface area contributed by atoms with Crippen molar-refractivity contribution in [1.82, 2.24) is 16.0 Å². The number of amides is 1. The highest BCUT2D eigenvalue weighted by molar-refractivity contribution is 5.77. The summed E-state index contributed by atoms with van der Waals surface area (Å²) in [6, 6.07) is 0. The van der Waals surface area contributed by atoms with Crippen LogP contribution in [0.25, 0.3) is 0 Å². The third-order valence-electron chi connectivity index (χ3n) is 2.12. The van der Waals surface area contributed by atoms with Gasteiger partial charge in [-0.15, -0.1) is 0 Å². The standard InChI is InChI=1S/C9H19N3O/c13-9-8-11-5-3-1-2-4-10-6-7-12-9/h10-11H,1-8H2,(H,12,13). The minimum absolute atomic E-state index is 0.0994. The lowest BCUT2D eigenvalue weighted by Gasteiger charge is -2.10. The Hall–Kier alpha value is -0.610. The SMILES string of the molecule is O=C1CNCCCCCNCCN1. The molecule has 0 aromatic heterocycles. The lowest BCUT2D eigenvalue weighted by molar-refractivity contribution is -0.120. The van der Waals surface area contributed by atoms with Crippen LogP contribution in [0.1, 0.15) is 19.3 Å². The summed E-state index contributed by atoms with van der Waals surface area (Å²) in [5.41, 5.74) is 0. The van der Waals surface area contributed by atoms with E-state index in [1.54, 1.807) is 0 Å². The second kappa shape index (κ2) is 6.86. The fourth-order valence-corrected chi connectivity index (χ4v) is 1.36. The van der Waals surface area contributed by atoms with E-state index in [-0.39, 0.29) is 5.91 Å². The second-order valence-electron chi connectivity index (χ2n) is 3.34. The first-order valence-electron chi connectivity index (χ1n) is 5.08. The summed E-state index contributed by atoms with van der Waals surface area (Å²) in [4.78, 5) is 11.1. The first kappa shape index (κ1) is 10.5. The van der Waals surface area contributed by atoms with E-state index in [4.69, 9.17) is 0 Å². The van der Waals surface area contributed by atoms with E-state index < -0.39 is 0 Å². The Labute approximate surface area is 79.5 Å². The van der Waals surface area contributed by atoms with Crippen molar-refractivity contribution in [3.05, 3.63) is 0 Å². The maximum Gasteiger partial charge on any atom is 0.234 e. The zero-order valence-corrected chi connectivity index (χ0v) is 8.07. The lowest BCUT2D eigenvalue weighted by atomic mass is 10.2. The topological polar surface area (TPSA) is 53.2 Å². The molecule has 1 aliphatic heterocycles. The van der Waals surface area contributed by atoms with E-state index in [1.165, 1.54) is 12.8 Å². The molecule has 0 radical (unpaired) electrons. The van der Waals surface area contributed by atoms with Crippen LogP contribution in [-0.4, -0.2) is 38.6 Å². The van der Waals surface area contributed by atoms with Gasteiger partial charge in [-0.2, -0.15) is 0 Å². The molecule has 0 aromatic carbocycles. The molecule has 0 atom stereocenters. The van der Waals surface area contributed by atoms with Crippen LogP contribution in [0.4, 0.5) is 0 Å². The average Bonchev–Trinajstić information content (AvgIpc) is 2.11. The number of carbonyl (C=O) groups excluding carboxylic acids is 1. The lowest BCUT2D eigenvalue weighted by Crippen LogP contribution is -2.38. The normalized spacial score (nSPS) is 22.6. The van der Waals surface area contributed by atoms with Crippen molar-refractivity contribution in [1.29, 1.82) is 0 Å². The van der Waals surface area contributed by atoms with E-state index in [0.717, 1.165) is 32.6 Å². The predicted molar refractivity (Wildman–Crippen MR) is 52.6 cm³/mol. The third-order valence-corrected chi connectivity index (χ3v) is 2.12. The van der Waals surface area contributed by atoms with Crippen LogP contribution in [-0.2, 0) is 4.79 Å².